The maximum absolute atomic E-state index is 12.7. The van der Waals surface area contributed by atoms with Gasteiger partial charge >= 0.3 is 0 Å². The number of nitrogens with zero attached hydrogens (tertiary/aromatic N) is 1. The zero-order chi connectivity index (χ0) is 18.6. The normalized spacial score (nSPS) is 11.2. The van der Waals surface area contributed by atoms with E-state index in [9.17, 15) is 4.79 Å². The Morgan fingerprint density at radius 3 is 2.44 bits per heavy atom. The van der Waals surface area contributed by atoms with E-state index in [1.165, 1.54) is 0 Å². The van der Waals surface area contributed by atoms with E-state index in [-0.39, 0.29) is 5.78 Å². The lowest BCUT2D eigenvalue weighted by atomic mass is 10.1. The molecule has 2 N–H and O–H groups in total. The van der Waals surface area contributed by atoms with Gasteiger partial charge in [-0.15, -0.1) is 0 Å². The Morgan fingerprint density at radius 2 is 1.84 bits per heavy atom. The number of benzene rings is 2. The molecule has 0 radical (unpaired) electrons. The summed E-state index contributed by atoms with van der Waals surface area (Å²) < 4.78 is 11.0. The molecule has 0 amide bonds. The van der Waals surface area contributed by atoms with Crippen LogP contribution in [0.15, 0.2) is 40.9 Å². The van der Waals surface area contributed by atoms with Gasteiger partial charge in [-0.2, -0.15) is 0 Å². The number of ether oxygens (including phenoxy) is 2. The molecule has 0 aliphatic rings. The molecule has 0 aliphatic heterocycles. The van der Waals surface area contributed by atoms with Crippen LogP contribution in [0.5, 0.6) is 11.5 Å². The third kappa shape index (κ3) is 4.33. The van der Waals surface area contributed by atoms with Gasteiger partial charge in [0.05, 0.1) is 30.1 Å². The van der Waals surface area contributed by atoms with Crippen molar-refractivity contribution in [3.05, 3.63) is 52.0 Å². The van der Waals surface area contributed by atoms with Crippen molar-refractivity contribution in [2.24, 2.45) is 0 Å². The van der Waals surface area contributed by atoms with E-state index in [1.807, 2.05) is 25.1 Å². The Balaban J connectivity index is 2.40. The summed E-state index contributed by atoms with van der Waals surface area (Å²) in [6, 6.07) is 10.6. The summed E-state index contributed by atoms with van der Waals surface area (Å²) in [6.07, 6.45) is 1.72. The molecule has 0 saturated heterocycles. The molecular formula is C19H21BrN2O3. The zero-order valence-electron chi connectivity index (χ0n) is 14.7. The van der Waals surface area contributed by atoms with E-state index < -0.39 is 0 Å². The summed E-state index contributed by atoms with van der Waals surface area (Å²) in [6.45, 7) is 0. The number of ketones is 1. The molecule has 2 rings (SSSR count). The van der Waals surface area contributed by atoms with Gasteiger partial charge in [0.15, 0.2) is 5.78 Å². The minimum atomic E-state index is -0.145. The Labute approximate surface area is 156 Å². The van der Waals surface area contributed by atoms with Gasteiger partial charge < -0.3 is 20.1 Å². The molecule has 2 aromatic rings. The van der Waals surface area contributed by atoms with Crippen molar-refractivity contribution in [2.75, 3.05) is 38.9 Å². The third-order valence-electron chi connectivity index (χ3n) is 3.71. The highest BCUT2D eigenvalue weighted by Gasteiger charge is 2.14. The molecule has 132 valence electrons. The molecule has 5 nitrogen and oxygen atoms in total. The number of nitrogens with two attached hydrogens (primary N) is 1. The number of carbonyl (C=O) groups is 1. The van der Waals surface area contributed by atoms with Gasteiger partial charge in [0, 0.05) is 25.2 Å². The average Bonchev–Trinajstić information content (AvgIpc) is 2.61. The van der Waals surface area contributed by atoms with Crippen molar-refractivity contribution in [2.45, 2.75) is 0 Å². The molecular weight excluding hydrogens is 384 g/mol. The molecule has 0 unspecified atom stereocenters. The largest absolute Gasteiger partial charge is 0.497 e. The summed E-state index contributed by atoms with van der Waals surface area (Å²) >= 11 is 3.38. The minimum Gasteiger partial charge on any atom is -0.497 e. The second-order valence-electron chi connectivity index (χ2n) is 5.60. The van der Waals surface area contributed by atoms with Crippen LogP contribution in [0.4, 0.5) is 11.4 Å². The van der Waals surface area contributed by atoms with Crippen molar-refractivity contribution in [3.63, 3.8) is 0 Å². The SMILES string of the molecule is COc1ccc(OC)c(C=C(Br)C(=O)c2ccc(N)c(N(C)C)c2)c1. The predicted molar refractivity (Wildman–Crippen MR) is 106 cm³/mol. The smallest absolute Gasteiger partial charge is 0.200 e. The topological polar surface area (TPSA) is 64.8 Å². The standard InChI is InChI=1S/C19H21BrN2O3/c1-22(2)17-11-12(5-7-16(17)21)19(23)15(20)10-13-9-14(24-3)6-8-18(13)25-4/h5-11H,21H2,1-4H3. The molecule has 25 heavy (non-hydrogen) atoms. The lowest BCUT2D eigenvalue weighted by Crippen LogP contribution is -2.12. The van der Waals surface area contributed by atoms with Crippen molar-refractivity contribution >= 4 is 39.2 Å². The highest BCUT2D eigenvalue weighted by atomic mass is 79.9. The lowest BCUT2D eigenvalue weighted by molar-refractivity contribution is 0.104. The molecule has 6 heteroatoms. The first kappa shape index (κ1) is 18.9. The number of Topliss-reactive ketones (excluding diaryl/α,β-unsaturated/α-hetero) is 1. The van der Waals surface area contributed by atoms with Crippen LogP contribution in [0.1, 0.15) is 15.9 Å². The van der Waals surface area contributed by atoms with Gasteiger partial charge in [0.2, 0.25) is 0 Å². The van der Waals surface area contributed by atoms with Crippen LogP contribution in [0, 0.1) is 0 Å². The Kier molecular flexibility index (Phi) is 6.09. The van der Waals surface area contributed by atoms with Gasteiger partial charge in [-0.25, -0.2) is 0 Å². The molecule has 2 aromatic carbocycles. The predicted octanol–water partition coefficient (Wildman–Crippen LogP) is 3.97. The van der Waals surface area contributed by atoms with Crippen LogP contribution in [-0.4, -0.2) is 34.1 Å². The van der Waals surface area contributed by atoms with Gasteiger partial charge in [-0.05, 0) is 58.4 Å². The van der Waals surface area contributed by atoms with Gasteiger partial charge in [-0.3, -0.25) is 4.79 Å². The first-order valence-corrected chi connectivity index (χ1v) is 8.37. The number of nitrogen functional groups attached to an aromatic ring is 1. The molecule has 0 heterocycles. The third-order valence-corrected chi connectivity index (χ3v) is 4.30. The minimum absolute atomic E-state index is 0.145. The first-order chi connectivity index (χ1) is 11.9. The number of allylic oxidation sites excluding steroid dienone is 1. The summed E-state index contributed by atoms with van der Waals surface area (Å²) in [5.74, 6) is 1.19. The van der Waals surface area contributed by atoms with Gasteiger partial charge in [-0.1, -0.05) is 0 Å². The number of halogens is 1. The fourth-order valence-corrected chi connectivity index (χ4v) is 2.84. The summed E-state index contributed by atoms with van der Waals surface area (Å²) in [5.41, 5.74) is 8.65. The summed E-state index contributed by atoms with van der Waals surface area (Å²) in [7, 11) is 6.93. The number of rotatable bonds is 6. The molecule has 0 fully saturated rings. The second kappa shape index (κ2) is 8.07. The number of methoxy groups -OCH3 is 2. The van der Waals surface area contributed by atoms with Crippen molar-refractivity contribution in [1.82, 2.24) is 0 Å². The van der Waals surface area contributed by atoms with E-state index >= 15 is 0 Å². The van der Waals surface area contributed by atoms with E-state index in [2.05, 4.69) is 15.9 Å². The van der Waals surface area contributed by atoms with E-state index in [0.717, 1.165) is 11.3 Å². The maximum atomic E-state index is 12.7. The number of hydrogen-bond acceptors (Lipinski definition) is 5. The Morgan fingerprint density at radius 1 is 1.12 bits per heavy atom. The number of anilines is 2. The number of hydrogen-bond donors (Lipinski definition) is 1. The fraction of sp³-hybridized carbons (Fsp3) is 0.211. The van der Waals surface area contributed by atoms with E-state index in [4.69, 9.17) is 15.2 Å². The molecule has 0 bridgehead atoms. The van der Waals surface area contributed by atoms with E-state index in [0.29, 0.717) is 27.2 Å². The van der Waals surface area contributed by atoms with Crippen LogP contribution in [0.25, 0.3) is 6.08 Å². The quantitative estimate of drug-likeness (QED) is 0.448. The summed E-state index contributed by atoms with van der Waals surface area (Å²) in [5, 5.41) is 0. The fourth-order valence-electron chi connectivity index (χ4n) is 2.36. The molecule has 0 aliphatic carbocycles. The number of carbonyl (C=O) groups excluding carboxylic acids is 1. The van der Waals surface area contributed by atoms with Crippen LogP contribution in [0.3, 0.4) is 0 Å². The van der Waals surface area contributed by atoms with Crippen LogP contribution >= 0.6 is 15.9 Å². The lowest BCUT2D eigenvalue weighted by Gasteiger charge is -2.16. The monoisotopic (exact) mass is 404 g/mol. The Hall–Kier alpha value is -2.47. The van der Waals surface area contributed by atoms with Crippen molar-refractivity contribution < 1.29 is 14.3 Å². The molecule has 0 aromatic heterocycles. The maximum Gasteiger partial charge on any atom is 0.200 e. The van der Waals surface area contributed by atoms with Crippen molar-refractivity contribution in [1.29, 1.82) is 0 Å². The molecule has 0 atom stereocenters. The van der Waals surface area contributed by atoms with Gasteiger partial charge in [0.1, 0.15) is 11.5 Å². The van der Waals surface area contributed by atoms with E-state index in [1.54, 1.807) is 50.6 Å². The van der Waals surface area contributed by atoms with Crippen molar-refractivity contribution in [3.8, 4) is 11.5 Å². The highest BCUT2D eigenvalue weighted by Crippen LogP contribution is 2.29. The van der Waals surface area contributed by atoms with Crippen LogP contribution < -0.4 is 20.1 Å². The van der Waals surface area contributed by atoms with Crippen LogP contribution in [-0.2, 0) is 0 Å². The molecule has 0 spiro atoms. The molecule has 0 saturated carbocycles. The first-order valence-electron chi connectivity index (χ1n) is 7.58. The average molecular weight is 405 g/mol. The highest BCUT2D eigenvalue weighted by molar-refractivity contribution is 9.12. The Bertz CT molecular complexity index is 816. The zero-order valence-corrected chi connectivity index (χ0v) is 16.3. The van der Waals surface area contributed by atoms with Crippen LogP contribution in [0.2, 0.25) is 0 Å². The second-order valence-corrected chi connectivity index (χ2v) is 6.45. The summed E-state index contributed by atoms with van der Waals surface area (Å²) in [4.78, 5) is 14.6. The van der Waals surface area contributed by atoms with Gasteiger partial charge in [0.25, 0.3) is 0 Å².